The highest BCUT2D eigenvalue weighted by Crippen LogP contribution is 2.16. The molecular weight excluding hydrogens is 261 g/mol. The standard InChI is InChI=1S/C12H13ClFNO3/c1-7(12(17)18)6-15(2)11(16)8-3-4-9(13)10(14)5-8/h3-5,7H,6H2,1-2H3,(H,17,18). The van der Waals surface area contributed by atoms with E-state index in [-0.39, 0.29) is 17.1 Å². The Labute approximate surface area is 109 Å². The average Bonchev–Trinajstić information content (AvgIpc) is 2.31. The minimum absolute atomic E-state index is 0.0540. The Hall–Kier alpha value is -1.62. The van der Waals surface area contributed by atoms with Crippen LogP contribution in [0.25, 0.3) is 0 Å². The number of aliphatic carboxylic acids is 1. The molecule has 1 atom stereocenters. The van der Waals surface area contributed by atoms with Crippen molar-refractivity contribution in [3.63, 3.8) is 0 Å². The molecule has 0 radical (unpaired) electrons. The Morgan fingerprint density at radius 2 is 2.11 bits per heavy atom. The first-order valence-electron chi connectivity index (χ1n) is 5.26. The van der Waals surface area contributed by atoms with Crippen LogP contribution < -0.4 is 0 Å². The lowest BCUT2D eigenvalue weighted by Crippen LogP contribution is -2.33. The van der Waals surface area contributed by atoms with E-state index < -0.39 is 23.6 Å². The van der Waals surface area contributed by atoms with Gasteiger partial charge in [0.15, 0.2) is 0 Å². The molecular formula is C12H13ClFNO3. The van der Waals surface area contributed by atoms with E-state index in [0.29, 0.717) is 0 Å². The molecule has 1 rings (SSSR count). The summed E-state index contributed by atoms with van der Waals surface area (Å²) in [4.78, 5) is 23.8. The largest absolute Gasteiger partial charge is 0.481 e. The van der Waals surface area contributed by atoms with E-state index >= 15 is 0 Å². The van der Waals surface area contributed by atoms with Gasteiger partial charge in [-0.25, -0.2) is 4.39 Å². The number of rotatable bonds is 4. The van der Waals surface area contributed by atoms with Gasteiger partial charge in [0, 0.05) is 19.2 Å². The van der Waals surface area contributed by atoms with E-state index in [0.717, 1.165) is 6.07 Å². The fourth-order valence-corrected chi connectivity index (χ4v) is 1.54. The van der Waals surface area contributed by atoms with Gasteiger partial charge >= 0.3 is 5.97 Å². The lowest BCUT2D eigenvalue weighted by Gasteiger charge is -2.19. The summed E-state index contributed by atoms with van der Waals surface area (Å²) in [6, 6.07) is 3.72. The first kappa shape index (κ1) is 14.4. The molecule has 0 spiro atoms. The zero-order chi connectivity index (χ0) is 13.9. The van der Waals surface area contributed by atoms with Crippen molar-refractivity contribution in [3.05, 3.63) is 34.6 Å². The molecule has 0 bridgehead atoms. The van der Waals surface area contributed by atoms with Gasteiger partial charge in [-0.3, -0.25) is 9.59 Å². The molecule has 0 aromatic heterocycles. The number of halogens is 2. The van der Waals surface area contributed by atoms with Crippen molar-refractivity contribution in [3.8, 4) is 0 Å². The molecule has 0 saturated heterocycles. The second kappa shape index (κ2) is 5.82. The van der Waals surface area contributed by atoms with Crippen molar-refractivity contribution in [1.82, 2.24) is 4.90 Å². The summed E-state index contributed by atoms with van der Waals surface area (Å²) < 4.78 is 13.2. The third-order valence-electron chi connectivity index (χ3n) is 2.48. The van der Waals surface area contributed by atoms with Crippen molar-refractivity contribution in [2.45, 2.75) is 6.92 Å². The number of carbonyl (C=O) groups excluding carboxylic acids is 1. The Bertz CT molecular complexity index is 478. The van der Waals surface area contributed by atoms with Gasteiger partial charge < -0.3 is 10.0 Å². The maximum absolute atomic E-state index is 13.2. The predicted molar refractivity (Wildman–Crippen MR) is 65.2 cm³/mol. The van der Waals surface area contributed by atoms with Crippen molar-refractivity contribution < 1.29 is 19.1 Å². The molecule has 0 aliphatic heterocycles. The van der Waals surface area contributed by atoms with E-state index in [1.807, 2.05) is 0 Å². The number of hydrogen-bond donors (Lipinski definition) is 1. The summed E-state index contributed by atoms with van der Waals surface area (Å²) in [6.07, 6.45) is 0. The fraction of sp³-hybridized carbons (Fsp3) is 0.333. The molecule has 1 unspecified atom stereocenters. The quantitative estimate of drug-likeness (QED) is 0.915. The van der Waals surface area contributed by atoms with Crippen LogP contribution in [0, 0.1) is 11.7 Å². The number of nitrogens with zero attached hydrogens (tertiary/aromatic N) is 1. The summed E-state index contributed by atoms with van der Waals surface area (Å²) in [5.41, 5.74) is 0.136. The molecule has 98 valence electrons. The van der Waals surface area contributed by atoms with Crippen LogP contribution in [0.4, 0.5) is 4.39 Å². The van der Waals surface area contributed by atoms with Crippen LogP contribution in [0.5, 0.6) is 0 Å². The van der Waals surface area contributed by atoms with Gasteiger partial charge in [0.1, 0.15) is 5.82 Å². The highest BCUT2D eigenvalue weighted by Gasteiger charge is 2.19. The van der Waals surface area contributed by atoms with Gasteiger partial charge in [0.2, 0.25) is 0 Å². The smallest absolute Gasteiger partial charge is 0.308 e. The summed E-state index contributed by atoms with van der Waals surface area (Å²) in [7, 11) is 1.47. The number of carboxylic acid groups (broad SMARTS) is 1. The highest BCUT2D eigenvalue weighted by atomic mass is 35.5. The minimum Gasteiger partial charge on any atom is -0.481 e. The van der Waals surface area contributed by atoms with E-state index in [2.05, 4.69) is 0 Å². The normalized spacial score (nSPS) is 12.0. The lowest BCUT2D eigenvalue weighted by molar-refractivity contribution is -0.141. The average molecular weight is 274 g/mol. The third kappa shape index (κ3) is 3.43. The van der Waals surface area contributed by atoms with Gasteiger partial charge in [-0.2, -0.15) is 0 Å². The molecule has 0 fully saturated rings. The van der Waals surface area contributed by atoms with Crippen molar-refractivity contribution >= 4 is 23.5 Å². The molecule has 18 heavy (non-hydrogen) atoms. The number of hydrogen-bond acceptors (Lipinski definition) is 2. The molecule has 0 aliphatic rings. The highest BCUT2D eigenvalue weighted by molar-refractivity contribution is 6.30. The maximum atomic E-state index is 13.2. The number of carboxylic acids is 1. The van der Waals surface area contributed by atoms with Crippen LogP contribution in [0.15, 0.2) is 18.2 Å². The van der Waals surface area contributed by atoms with Gasteiger partial charge in [-0.15, -0.1) is 0 Å². The monoisotopic (exact) mass is 273 g/mol. The van der Waals surface area contributed by atoms with Gasteiger partial charge in [-0.1, -0.05) is 18.5 Å². The van der Waals surface area contributed by atoms with Gasteiger partial charge in [0.25, 0.3) is 5.91 Å². The Morgan fingerprint density at radius 3 is 2.61 bits per heavy atom. The van der Waals surface area contributed by atoms with Crippen molar-refractivity contribution in [1.29, 1.82) is 0 Å². The van der Waals surface area contributed by atoms with Crippen LogP contribution in [0.1, 0.15) is 17.3 Å². The molecule has 4 nitrogen and oxygen atoms in total. The zero-order valence-corrected chi connectivity index (χ0v) is 10.7. The first-order valence-corrected chi connectivity index (χ1v) is 5.64. The number of benzene rings is 1. The molecule has 0 saturated carbocycles. The van der Waals surface area contributed by atoms with Crippen LogP contribution in [-0.4, -0.2) is 35.5 Å². The van der Waals surface area contributed by atoms with Crippen LogP contribution in [-0.2, 0) is 4.79 Å². The topological polar surface area (TPSA) is 57.6 Å². The van der Waals surface area contributed by atoms with Gasteiger partial charge in [-0.05, 0) is 18.2 Å². The predicted octanol–water partition coefficient (Wildman–Crippen LogP) is 2.27. The van der Waals surface area contributed by atoms with Crippen molar-refractivity contribution in [2.24, 2.45) is 5.92 Å². The van der Waals surface area contributed by atoms with Crippen LogP contribution in [0.3, 0.4) is 0 Å². The number of carbonyl (C=O) groups is 2. The van der Waals surface area contributed by atoms with E-state index in [4.69, 9.17) is 16.7 Å². The van der Waals surface area contributed by atoms with E-state index in [9.17, 15) is 14.0 Å². The Balaban J connectivity index is 2.80. The Morgan fingerprint density at radius 1 is 1.50 bits per heavy atom. The molecule has 0 aliphatic carbocycles. The molecule has 6 heteroatoms. The Kier molecular flexibility index (Phi) is 4.67. The zero-order valence-electron chi connectivity index (χ0n) is 9.98. The van der Waals surface area contributed by atoms with E-state index in [1.54, 1.807) is 0 Å². The summed E-state index contributed by atoms with van der Waals surface area (Å²) in [5.74, 6) is -2.80. The van der Waals surface area contributed by atoms with Gasteiger partial charge in [0.05, 0.1) is 10.9 Å². The number of amides is 1. The lowest BCUT2D eigenvalue weighted by atomic mass is 10.1. The summed E-state index contributed by atoms with van der Waals surface area (Å²) >= 11 is 5.51. The summed E-state index contributed by atoms with van der Waals surface area (Å²) in [5, 5.41) is 8.69. The molecule has 0 heterocycles. The SMILES string of the molecule is CC(CN(C)C(=O)c1ccc(Cl)c(F)c1)C(=O)O. The molecule has 1 aromatic rings. The van der Waals surface area contributed by atoms with Crippen molar-refractivity contribution in [2.75, 3.05) is 13.6 Å². The first-order chi connectivity index (χ1) is 8.32. The fourth-order valence-electron chi connectivity index (χ4n) is 1.42. The molecule has 1 aromatic carbocycles. The third-order valence-corrected chi connectivity index (χ3v) is 2.79. The van der Waals surface area contributed by atoms with E-state index in [1.165, 1.54) is 31.0 Å². The molecule has 1 amide bonds. The van der Waals surface area contributed by atoms with Crippen LogP contribution in [0.2, 0.25) is 5.02 Å². The maximum Gasteiger partial charge on any atom is 0.308 e. The second-order valence-electron chi connectivity index (χ2n) is 4.05. The second-order valence-corrected chi connectivity index (χ2v) is 4.46. The van der Waals surface area contributed by atoms with Crippen LogP contribution >= 0.6 is 11.6 Å². The molecule has 1 N–H and O–H groups in total. The summed E-state index contributed by atoms with van der Waals surface area (Å²) in [6.45, 7) is 1.55. The minimum atomic E-state index is -0.989.